The molecule has 0 aliphatic rings. The second-order valence-corrected chi connectivity index (χ2v) is 4.46. The van der Waals surface area contributed by atoms with Gasteiger partial charge in [-0.3, -0.25) is 4.55 Å². The zero-order valence-electron chi connectivity index (χ0n) is 7.14. The van der Waals surface area contributed by atoms with Crippen molar-refractivity contribution in [3.63, 3.8) is 0 Å². The zero-order chi connectivity index (χ0) is 10.8. The van der Waals surface area contributed by atoms with Crippen LogP contribution < -0.4 is 0 Å². The van der Waals surface area contributed by atoms with Crippen molar-refractivity contribution < 1.29 is 18.1 Å². The molecule has 0 spiro atoms. The van der Waals surface area contributed by atoms with E-state index in [4.69, 9.17) is 21.3 Å². The van der Waals surface area contributed by atoms with E-state index in [1.165, 1.54) is 18.2 Å². The molecule has 1 aromatic rings. The summed E-state index contributed by atoms with van der Waals surface area (Å²) < 4.78 is 30.6. The maximum atomic E-state index is 10.9. The Morgan fingerprint density at radius 2 is 2.00 bits per heavy atom. The lowest BCUT2D eigenvalue weighted by Crippen LogP contribution is -2.05. The van der Waals surface area contributed by atoms with Gasteiger partial charge in [0.25, 0.3) is 10.1 Å². The van der Waals surface area contributed by atoms with Crippen LogP contribution >= 0.6 is 11.6 Å². The van der Waals surface area contributed by atoms with Gasteiger partial charge in [0, 0.05) is 11.6 Å². The molecule has 0 aliphatic carbocycles. The van der Waals surface area contributed by atoms with E-state index >= 15 is 0 Å². The van der Waals surface area contributed by atoms with Crippen molar-refractivity contribution >= 4 is 21.7 Å². The second kappa shape index (κ2) is 4.27. The Kier molecular flexibility index (Phi) is 3.49. The van der Waals surface area contributed by atoms with Gasteiger partial charge in [-0.05, 0) is 24.1 Å². The van der Waals surface area contributed by atoms with Crippen molar-refractivity contribution in [1.29, 1.82) is 0 Å². The highest BCUT2D eigenvalue weighted by molar-refractivity contribution is 7.85. The summed E-state index contributed by atoms with van der Waals surface area (Å²) in [4.78, 5) is -0.251. The highest BCUT2D eigenvalue weighted by atomic mass is 35.5. The monoisotopic (exact) mass is 236 g/mol. The molecule has 0 fully saturated rings. The zero-order valence-corrected chi connectivity index (χ0v) is 8.72. The maximum absolute atomic E-state index is 10.9. The van der Waals surface area contributed by atoms with E-state index in [9.17, 15) is 8.42 Å². The quantitative estimate of drug-likeness (QED) is 0.772. The molecule has 1 aromatic carbocycles. The Morgan fingerprint density at radius 3 is 2.50 bits per heavy atom. The lowest BCUT2D eigenvalue weighted by Gasteiger charge is -2.06. The van der Waals surface area contributed by atoms with Crippen LogP contribution in [0.5, 0.6) is 0 Å². The molecule has 1 rings (SSSR count). The number of hydrogen-bond acceptors (Lipinski definition) is 3. The molecule has 0 bridgehead atoms. The van der Waals surface area contributed by atoms with Gasteiger partial charge >= 0.3 is 0 Å². The number of aliphatic hydroxyl groups excluding tert-OH is 1. The van der Waals surface area contributed by atoms with Gasteiger partial charge in [0.1, 0.15) is 0 Å². The average Bonchev–Trinajstić information content (AvgIpc) is 2.07. The summed E-state index contributed by atoms with van der Waals surface area (Å²) >= 11 is 5.73. The summed E-state index contributed by atoms with van der Waals surface area (Å²) in [5.41, 5.74) is 0.235. The summed E-state index contributed by atoms with van der Waals surface area (Å²) in [6.07, 6.45) is 0.0921. The smallest absolute Gasteiger partial charge is 0.294 e. The molecule has 0 amide bonds. The van der Waals surface area contributed by atoms with E-state index in [1.54, 1.807) is 0 Å². The van der Waals surface area contributed by atoms with Crippen molar-refractivity contribution in [1.82, 2.24) is 0 Å². The topological polar surface area (TPSA) is 74.6 Å². The highest BCUT2D eigenvalue weighted by Crippen LogP contribution is 2.23. The molecule has 4 nitrogen and oxygen atoms in total. The molecule has 0 radical (unpaired) electrons. The molecule has 78 valence electrons. The molecule has 0 heterocycles. The standard InChI is InChI=1S/C8H9ClO4S/c9-7-2-1-3-8(14(11,12)13)6(7)4-5-10/h1-3,10H,4-5H2,(H,11,12,13). The molecule has 0 aliphatic heterocycles. The number of hydrogen-bond donors (Lipinski definition) is 2. The summed E-state index contributed by atoms with van der Waals surface area (Å²) in [5.74, 6) is 0. The van der Waals surface area contributed by atoms with E-state index in [-0.39, 0.29) is 28.5 Å². The minimum atomic E-state index is -4.27. The van der Waals surface area contributed by atoms with Gasteiger partial charge in [0.05, 0.1) is 4.90 Å². The molecule has 0 unspecified atom stereocenters. The number of benzene rings is 1. The van der Waals surface area contributed by atoms with Gasteiger partial charge < -0.3 is 5.11 Å². The minimum Gasteiger partial charge on any atom is -0.396 e. The van der Waals surface area contributed by atoms with Crippen molar-refractivity contribution in [3.8, 4) is 0 Å². The van der Waals surface area contributed by atoms with Crippen molar-refractivity contribution in [2.75, 3.05) is 6.61 Å². The first kappa shape index (κ1) is 11.5. The first-order chi connectivity index (χ1) is 6.46. The van der Waals surface area contributed by atoms with Gasteiger partial charge in [-0.2, -0.15) is 8.42 Å². The number of halogens is 1. The Hall–Kier alpha value is -0.620. The molecule has 14 heavy (non-hydrogen) atoms. The van der Waals surface area contributed by atoms with Crippen LogP contribution in [0.4, 0.5) is 0 Å². The van der Waals surface area contributed by atoms with Crippen LogP contribution in [0.15, 0.2) is 23.1 Å². The van der Waals surface area contributed by atoms with Crippen LogP contribution in [0, 0.1) is 0 Å². The number of rotatable bonds is 3. The third-order valence-electron chi connectivity index (χ3n) is 1.72. The summed E-state index contributed by atoms with van der Waals surface area (Å²) in [5, 5.41) is 8.92. The molecule has 2 N–H and O–H groups in total. The minimum absolute atomic E-state index is 0.0921. The Labute approximate surface area is 86.9 Å². The van der Waals surface area contributed by atoms with Crippen LogP contribution in [0.1, 0.15) is 5.56 Å². The lowest BCUT2D eigenvalue weighted by molar-refractivity contribution is 0.298. The summed E-state index contributed by atoms with van der Waals surface area (Å²) in [6.45, 7) is -0.230. The Morgan fingerprint density at radius 1 is 1.36 bits per heavy atom. The summed E-state index contributed by atoms with van der Waals surface area (Å²) in [7, 11) is -4.27. The molecule has 6 heteroatoms. The van der Waals surface area contributed by atoms with Crippen LogP contribution in [0.3, 0.4) is 0 Å². The van der Waals surface area contributed by atoms with Crippen LogP contribution in [-0.4, -0.2) is 24.7 Å². The fraction of sp³-hybridized carbons (Fsp3) is 0.250. The number of aliphatic hydroxyl groups is 1. The van der Waals surface area contributed by atoms with Gasteiger partial charge in [0.15, 0.2) is 0 Å². The second-order valence-electron chi connectivity index (χ2n) is 2.67. The molecule has 0 atom stereocenters. The van der Waals surface area contributed by atoms with Crippen LogP contribution in [-0.2, 0) is 16.5 Å². The first-order valence-corrected chi connectivity index (χ1v) is 5.64. The fourth-order valence-corrected chi connectivity index (χ4v) is 2.23. The van der Waals surface area contributed by atoms with E-state index in [0.29, 0.717) is 0 Å². The first-order valence-electron chi connectivity index (χ1n) is 3.82. The fourth-order valence-electron chi connectivity index (χ4n) is 1.13. The third-order valence-corrected chi connectivity index (χ3v) is 3.01. The van der Waals surface area contributed by atoms with Crippen molar-refractivity contribution in [2.45, 2.75) is 11.3 Å². The van der Waals surface area contributed by atoms with E-state index in [1.807, 2.05) is 0 Å². The van der Waals surface area contributed by atoms with Gasteiger partial charge in [-0.25, -0.2) is 0 Å². The lowest BCUT2D eigenvalue weighted by atomic mass is 10.1. The van der Waals surface area contributed by atoms with E-state index in [0.717, 1.165) is 0 Å². The molecule has 0 saturated carbocycles. The molecule has 0 saturated heterocycles. The molecular weight excluding hydrogens is 228 g/mol. The maximum Gasteiger partial charge on any atom is 0.294 e. The molecular formula is C8H9ClO4S. The summed E-state index contributed by atoms with van der Waals surface area (Å²) in [6, 6.07) is 4.17. The van der Waals surface area contributed by atoms with Gasteiger partial charge in [-0.15, -0.1) is 0 Å². The predicted octanol–water partition coefficient (Wildman–Crippen LogP) is 1.12. The predicted molar refractivity (Wildman–Crippen MR) is 52.1 cm³/mol. The highest BCUT2D eigenvalue weighted by Gasteiger charge is 2.16. The van der Waals surface area contributed by atoms with Crippen molar-refractivity contribution in [3.05, 3.63) is 28.8 Å². The van der Waals surface area contributed by atoms with Crippen molar-refractivity contribution in [2.24, 2.45) is 0 Å². The normalized spacial score (nSPS) is 11.6. The largest absolute Gasteiger partial charge is 0.396 e. The Balaban J connectivity index is 3.36. The van der Waals surface area contributed by atoms with Crippen LogP contribution in [0.25, 0.3) is 0 Å². The van der Waals surface area contributed by atoms with Crippen LogP contribution in [0.2, 0.25) is 5.02 Å². The van der Waals surface area contributed by atoms with E-state index in [2.05, 4.69) is 0 Å². The average molecular weight is 237 g/mol. The van der Waals surface area contributed by atoms with Gasteiger partial charge in [-0.1, -0.05) is 17.7 Å². The third kappa shape index (κ3) is 2.45. The van der Waals surface area contributed by atoms with E-state index < -0.39 is 10.1 Å². The Bertz CT molecular complexity index is 427. The van der Waals surface area contributed by atoms with Gasteiger partial charge in [0.2, 0.25) is 0 Å². The molecule has 0 aromatic heterocycles. The SMILES string of the molecule is O=S(=O)(O)c1cccc(Cl)c1CCO.